The number of aryl methyl sites for hydroxylation is 1. The number of nitriles is 1. The Bertz CT molecular complexity index is 843. The Hall–Kier alpha value is -3.08. The summed E-state index contributed by atoms with van der Waals surface area (Å²) >= 11 is 0. The Morgan fingerprint density at radius 1 is 1.39 bits per heavy atom. The van der Waals surface area contributed by atoms with Crippen LogP contribution in [0.2, 0.25) is 0 Å². The summed E-state index contributed by atoms with van der Waals surface area (Å²) in [5, 5.41) is 13.9. The zero-order chi connectivity index (χ0) is 20.8. The molecule has 0 radical (unpaired) electrons. The van der Waals surface area contributed by atoms with Crippen LogP contribution >= 0.6 is 0 Å². The van der Waals surface area contributed by atoms with Crippen LogP contribution < -0.4 is 10.6 Å². The number of nitrogens with zero attached hydrogens (tertiary/aromatic N) is 2. The van der Waals surface area contributed by atoms with E-state index in [0.29, 0.717) is 12.5 Å². The summed E-state index contributed by atoms with van der Waals surface area (Å²) in [4.78, 5) is 35.4. The normalized spacial score (nSPS) is 14.8. The lowest BCUT2D eigenvalue weighted by Gasteiger charge is -2.11. The summed E-state index contributed by atoms with van der Waals surface area (Å²) < 4.78 is 7.07. The number of hydrogen-bond acceptors (Lipinski definition) is 5. The molecule has 1 saturated carbocycles. The second kappa shape index (κ2) is 9.22. The van der Waals surface area contributed by atoms with E-state index in [2.05, 4.69) is 15.2 Å². The molecule has 0 aliphatic heterocycles. The summed E-state index contributed by atoms with van der Waals surface area (Å²) in [7, 11) is 0. The van der Waals surface area contributed by atoms with E-state index < -0.39 is 24.5 Å². The molecule has 2 rings (SSSR count). The van der Waals surface area contributed by atoms with E-state index in [1.165, 1.54) is 6.08 Å². The maximum Gasteiger partial charge on any atom is 0.349 e. The number of ether oxygens (including phenoxy) is 1. The summed E-state index contributed by atoms with van der Waals surface area (Å²) in [5.74, 6) is -1.67. The van der Waals surface area contributed by atoms with Gasteiger partial charge in [0.25, 0.3) is 5.91 Å². The molecule has 0 unspecified atom stereocenters. The highest BCUT2D eigenvalue weighted by Crippen LogP contribution is 2.38. The van der Waals surface area contributed by atoms with Crippen molar-refractivity contribution in [1.82, 2.24) is 15.2 Å². The monoisotopic (exact) mass is 386 g/mol. The van der Waals surface area contributed by atoms with Crippen LogP contribution in [0.4, 0.5) is 4.79 Å². The minimum Gasteiger partial charge on any atom is -0.451 e. The molecule has 1 aliphatic carbocycles. The lowest BCUT2D eigenvalue weighted by Crippen LogP contribution is -2.44. The second-order valence-corrected chi connectivity index (χ2v) is 7.00. The molecular formula is C20H26N4O4. The highest BCUT2D eigenvalue weighted by Gasteiger charge is 2.27. The smallest absolute Gasteiger partial charge is 0.349 e. The molecule has 28 heavy (non-hydrogen) atoms. The Morgan fingerprint density at radius 3 is 2.64 bits per heavy atom. The molecule has 1 atom stereocenters. The number of carbonyl (C=O) groups excluding carboxylic acids is 3. The van der Waals surface area contributed by atoms with Gasteiger partial charge in [-0.3, -0.25) is 10.1 Å². The maximum absolute atomic E-state index is 12.1. The van der Waals surface area contributed by atoms with Gasteiger partial charge in [0.2, 0.25) is 0 Å². The predicted octanol–water partition coefficient (Wildman–Crippen LogP) is 2.51. The number of nitrogens with one attached hydrogen (secondary N) is 2. The first-order valence-electron chi connectivity index (χ1n) is 9.34. The van der Waals surface area contributed by atoms with Gasteiger partial charge in [-0.05, 0) is 57.7 Å². The zero-order valence-electron chi connectivity index (χ0n) is 16.7. The third-order valence-electron chi connectivity index (χ3n) is 4.65. The van der Waals surface area contributed by atoms with Crippen molar-refractivity contribution in [1.29, 1.82) is 5.26 Å². The van der Waals surface area contributed by atoms with Crippen LogP contribution in [-0.2, 0) is 14.3 Å². The Morgan fingerprint density at radius 2 is 2.07 bits per heavy atom. The van der Waals surface area contributed by atoms with Crippen LogP contribution in [0.25, 0.3) is 6.08 Å². The second-order valence-electron chi connectivity index (χ2n) is 7.00. The number of esters is 1. The lowest BCUT2D eigenvalue weighted by atomic mass is 10.1. The molecule has 0 bridgehead atoms. The van der Waals surface area contributed by atoms with Crippen LogP contribution in [0.1, 0.15) is 56.1 Å². The summed E-state index contributed by atoms with van der Waals surface area (Å²) in [6.45, 7) is 6.98. The van der Waals surface area contributed by atoms with E-state index in [1.807, 2.05) is 32.9 Å². The average Bonchev–Trinajstić information content (AvgIpc) is 3.43. The first-order chi connectivity index (χ1) is 13.3. The SMILES string of the molecule is CC[C@H](C)NC(=O)NC(=O)COC(=O)/C(C#N)=C/c1cc(C)n(C2CC2)c1C. The fraction of sp³-hybridized carbons (Fsp3) is 0.500. The highest BCUT2D eigenvalue weighted by molar-refractivity contribution is 6.00. The first kappa shape index (κ1) is 21.2. The van der Waals surface area contributed by atoms with Crippen molar-refractivity contribution < 1.29 is 19.1 Å². The minimum atomic E-state index is -0.906. The molecule has 1 aromatic heterocycles. The number of aromatic nitrogens is 1. The summed E-state index contributed by atoms with van der Waals surface area (Å²) in [6, 6.07) is 3.49. The highest BCUT2D eigenvalue weighted by atomic mass is 16.5. The Kier molecular flexibility index (Phi) is 6.99. The van der Waals surface area contributed by atoms with E-state index >= 15 is 0 Å². The van der Waals surface area contributed by atoms with Crippen molar-refractivity contribution in [2.24, 2.45) is 0 Å². The molecule has 8 heteroatoms. The van der Waals surface area contributed by atoms with Crippen molar-refractivity contribution in [3.63, 3.8) is 0 Å². The summed E-state index contributed by atoms with van der Waals surface area (Å²) in [6.07, 6.45) is 4.45. The number of carbonyl (C=O) groups is 3. The fourth-order valence-electron chi connectivity index (χ4n) is 2.87. The Balaban J connectivity index is 1.96. The molecule has 2 N–H and O–H groups in total. The minimum absolute atomic E-state index is 0.0851. The maximum atomic E-state index is 12.1. The number of imide groups is 1. The molecule has 1 aliphatic rings. The van der Waals surface area contributed by atoms with Crippen molar-refractivity contribution in [2.75, 3.05) is 6.61 Å². The van der Waals surface area contributed by atoms with Gasteiger partial charge >= 0.3 is 12.0 Å². The van der Waals surface area contributed by atoms with Crippen molar-refractivity contribution in [2.45, 2.75) is 59.0 Å². The van der Waals surface area contributed by atoms with E-state index in [1.54, 1.807) is 6.92 Å². The molecule has 8 nitrogen and oxygen atoms in total. The van der Waals surface area contributed by atoms with E-state index in [9.17, 15) is 19.6 Å². The quantitative estimate of drug-likeness (QED) is 0.425. The van der Waals surface area contributed by atoms with Gasteiger partial charge in [0, 0.05) is 23.5 Å². The topological polar surface area (TPSA) is 113 Å². The van der Waals surface area contributed by atoms with Crippen molar-refractivity contribution in [3.05, 3.63) is 28.6 Å². The standard InChI is InChI=1S/C20H26N4O4/c1-5-12(2)22-20(27)23-18(25)11-28-19(26)16(10-21)9-15-8-13(3)24(14(15)4)17-6-7-17/h8-9,12,17H,5-7,11H2,1-4H3,(H2,22,23,25,27)/b16-9+/t12-/m0/s1. The number of hydrogen-bond donors (Lipinski definition) is 2. The molecular weight excluding hydrogens is 360 g/mol. The van der Waals surface area contributed by atoms with Crippen LogP contribution in [-0.4, -0.2) is 35.1 Å². The molecule has 0 spiro atoms. The van der Waals surface area contributed by atoms with Gasteiger partial charge in [-0.2, -0.15) is 5.26 Å². The number of amides is 3. The third-order valence-corrected chi connectivity index (χ3v) is 4.65. The fourth-order valence-corrected chi connectivity index (χ4v) is 2.87. The molecule has 1 fully saturated rings. The number of rotatable bonds is 7. The van der Waals surface area contributed by atoms with Gasteiger partial charge in [-0.25, -0.2) is 9.59 Å². The van der Waals surface area contributed by atoms with Crippen molar-refractivity contribution in [3.8, 4) is 6.07 Å². The third kappa shape index (κ3) is 5.46. The molecule has 3 amide bonds. The molecule has 1 heterocycles. The van der Waals surface area contributed by atoms with E-state index in [-0.39, 0.29) is 11.6 Å². The van der Waals surface area contributed by atoms with Crippen LogP contribution in [0, 0.1) is 25.2 Å². The van der Waals surface area contributed by atoms with Gasteiger partial charge in [0.1, 0.15) is 11.6 Å². The van der Waals surface area contributed by atoms with Crippen LogP contribution in [0.3, 0.4) is 0 Å². The van der Waals surface area contributed by atoms with Crippen LogP contribution in [0.5, 0.6) is 0 Å². The van der Waals surface area contributed by atoms with Crippen LogP contribution in [0.15, 0.2) is 11.6 Å². The number of urea groups is 1. The first-order valence-corrected chi connectivity index (χ1v) is 9.34. The van der Waals surface area contributed by atoms with Gasteiger partial charge in [0.15, 0.2) is 6.61 Å². The molecule has 150 valence electrons. The van der Waals surface area contributed by atoms with Gasteiger partial charge in [0.05, 0.1) is 0 Å². The van der Waals surface area contributed by atoms with Gasteiger partial charge < -0.3 is 14.6 Å². The molecule has 0 aromatic carbocycles. The van der Waals surface area contributed by atoms with Gasteiger partial charge in [-0.15, -0.1) is 0 Å². The lowest BCUT2D eigenvalue weighted by molar-refractivity contribution is -0.144. The largest absolute Gasteiger partial charge is 0.451 e. The van der Waals surface area contributed by atoms with E-state index in [4.69, 9.17) is 4.74 Å². The molecule has 0 saturated heterocycles. The Labute approximate surface area is 164 Å². The van der Waals surface area contributed by atoms with E-state index in [0.717, 1.165) is 29.8 Å². The summed E-state index contributed by atoms with van der Waals surface area (Å²) in [5.41, 5.74) is 2.63. The van der Waals surface area contributed by atoms with Crippen molar-refractivity contribution >= 4 is 24.0 Å². The molecule has 1 aromatic rings. The zero-order valence-corrected chi connectivity index (χ0v) is 16.7. The average molecular weight is 386 g/mol. The predicted molar refractivity (Wildman–Crippen MR) is 103 cm³/mol. The van der Waals surface area contributed by atoms with Gasteiger partial charge in [-0.1, -0.05) is 6.92 Å².